The van der Waals surface area contributed by atoms with E-state index in [4.69, 9.17) is 0 Å². The van der Waals surface area contributed by atoms with Crippen molar-refractivity contribution in [1.29, 1.82) is 0 Å². The summed E-state index contributed by atoms with van der Waals surface area (Å²) in [7, 11) is 0. The van der Waals surface area contributed by atoms with Gasteiger partial charge in [-0.1, -0.05) is 30.3 Å². The van der Waals surface area contributed by atoms with Crippen LogP contribution >= 0.6 is 0 Å². The van der Waals surface area contributed by atoms with Crippen LogP contribution < -0.4 is 0 Å². The average molecular weight is 236 g/mol. The molecule has 0 N–H and O–H groups in total. The second kappa shape index (κ2) is 4.55. The average Bonchev–Trinajstić information content (AvgIpc) is 3.24. The lowest BCUT2D eigenvalue weighted by atomic mass is 10.1. The van der Waals surface area contributed by atoms with Crippen LogP contribution in [0.3, 0.4) is 0 Å². The molecule has 2 aromatic rings. The summed E-state index contributed by atoms with van der Waals surface area (Å²) in [5.74, 6) is 0.474. The molecule has 1 saturated carbocycles. The molecule has 1 heterocycles. The molecule has 0 bridgehead atoms. The molecule has 1 aromatic carbocycles. The number of nitrogens with zero attached hydrogens (tertiary/aromatic N) is 2. The van der Waals surface area contributed by atoms with Crippen LogP contribution in [-0.4, -0.2) is 11.1 Å². The van der Waals surface area contributed by atoms with Crippen molar-refractivity contribution in [3.8, 4) is 11.1 Å². The van der Waals surface area contributed by atoms with Gasteiger partial charge in [0, 0.05) is 17.7 Å². The number of hydrogen-bond acceptors (Lipinski definition) is 3. The lowest BCUT2D eigenvalue weighted by molar-refractivity contribution is 0.565. The Bertz CT molecular complexity index is 612. The molecule has 1 fully saturated rings. The summed E-state index contributed by atoms with van der Waals surface area (Å²) in [4.78, 5) is 18.7. The van der Waals surface area contributed by atoms with Gasteiger partial charge in [-0.25, -0.2) is 4.79 Å². The molecule has 0 spiro atoms. The molecule has 1 aliphatic rings. The second-order valence-electron chi connectivity index (χ2n) is 4.47. The third-order valence-corrected chi connectivity index (χ3v) is 3.13. The van der Waals surface area contributed by atoms with E-state index >= 15 is 0 Å². The second-order valence-corrected chi connectivity index (χ2v) is 4.47. The fraction of sp³-hybridized carbons (Fsp3) is 0.200. The summed E-state index contributed by atoms with van der Waals surface area (Å²) < 4.78 is 0. The maximum absolute atomic E-state index is 10.5. The quantitative estimate of drug-likeness (QED) is 0.603. The van der Waals surface area contributed by atoms with Gasteiger partial charge in [-0.15, -0.1) is 0 Å². The minimum absolute atomic E-state index is 0.474. The zero-order chi connectivity index (χ0) is 12.4. The van der Waals surface area contributed by atoms with E-state index in [1.54, 1.807) is 6.08 Å². The normalized spacial score (nSPS) is 14.0. The van der Waals surface area contributed by atoms with Gasteiger partial charge in [-0.2, -0.15) is 4.99 Å². The Hall–Kier alpha value is -2.25. The lowest BCUT2D eigenvalue weighted by Gasteiger charge is -2.05. The summed E-state index contributed by atoms with van der Waals surface area (Å²) in [5, 5.41) is 0. The smallest absolute Gasteiger partial charge is 0.240 e. The van der Waals surface area contributed by atoms with Gasteiger partial charge in [0.25, 0.3) is 0 Å². The van der Waals surface area contributed by atoms with E-state index < -0.39 is 0 Å². The van der Waals surface area contributed by atoms with Crippen molar-refractivity contribution in [1.82, 2.24) is 4.98 Å². The first kappa shape index (κ1) is 10.9. The molecule has 3 nitrogen and oxygen atoms in total. The van der Waals surface area contributed by atoms with Crippen molar-refractivity contribution in [2.24, 2.45) is 4.99 Å². The molecule has 3 heteroatoms. The third-order valence-electron chi connectivity index (χ3n) is 3.13. The Labute approximate surface area is 105 Å². The first-order valence-corrected chi connectivity index (χ1v) is 6.02. The molecule has 0 unspecified atom stereocenters. The van der Waals surface area contributed by atoms with E-state index in [0.29, 0.717) is 11.6 Å². The van der Waals surface area contributed by atoms with Gasteiger partial charge in [-0.3, -0.25) is 4.98 Å². The molecule has 3 rings (SSSR count). The van der Waals surface area contributed by atoms with Gasteiger partial charge < -0.3 is 0 Å². The first-order chi connectivity index (χ1) is 8.88. The zero-order valence-corrected chi connectivity index (χ0v) is 9.84. The van der Waals surface area contributed by atoms with E-state index in [2.05, 4.69) is 9.98 Å². The van der Waals surface area contributed by atoms with Crippen LogP contribution in [0.15, 0.2) is 47.6 Å². The SMILES string of the molecule is O=C=Nc1cc(-c2ccccc2)cnc1C1CC1. The summed E-state index contributed by atoms with van der Waals surface area (Å²) in [6.45, 7) is 0. The highest BCUT2D eigenvalue weighted by Crippen LogP contribution is 2.43. The van der Waals surface area contributed by atoms with Crippen molar-refractivity contribution in [2.75, 3.05) is 0 Å². The van der Waals surface area contributed by atoms with Crippen LogP contribution in [0.2, 0.25) is 0 Å². The summed E-state index contributed by atoms with van der Waals surface area (Å²) in [6, 6.07) is 11.9. The predicted molar refractivity (Wildman–Crippen MR) is 69.4 cm³/mol. The molecule has 1 aliphatic carbocycles. The van der Waals surface area contributed by atoms with E-state index in [1.165, 1.54) is 0 Å². The number of isocyanates is 1. The molecular weight excluding hydrogens is 224 g/mol. The number of benzene rings is 1. The summed E-state index contributed by atoms with van der Waals surface area (Å²) in [5.41, 5.74) is 3.65. The highest BCUT2D eigenvalue weighted by atomic mass is 16.1. The number of aliphatic imine (C=N–C) groups is 1. The van der Waals surface area contributed by atoms with Gasteiger partial charge in [0.2, 0.25) is 6.08 Å². The number of hydrogen-bond donors (Lipinski definition) is 0. The van der Waals surface area contributed by atoms with Crippen LogP contribution in [0, 0.1) is 0 Å². The van der Waals surface area contributed by atoms with Crippen LogP contribution in [0.4, 0.5) is 5.69 Å². The van der Waals surface area contributed by atoms with E-state index in [1.807, 2.05) is 42.6 Å². The van der Waals surface area contributed by atoms with Crippen molar-refractivity contribution in [3.05, 3.63) is 48.3 Å². The molecule has 1 aromatic heterocycles. The Balaban J connectivity index is 2.07. The molecule has 0 atom stereocenters. The molecule has 0 amide bonds. The summed E-state index contributed by atoms with van der Waals surface area (Å²) in [6.07, 6.45) is 5.75. The molecule has 0 radical (unpaired) electrons. The van der Waals surface area contributed by atoms with Gasteiger partial charge in [0.15, 0.2) is 0 Å². The summed E-state index contributed by atoms with van der Waals surface area (Å²) >= 11 is 0. The van der Waals surface area contributed by atoms with Crippen LogP contribution in [0.5, 0.6) is 0 Å². The predicted octanol–water partition coefficient (Wildman–Crippen LogP) is 3.59. The minimum Gasteiger partial charge on any atom is -0.258 e. The number of pyridine rings is 1. The molecule has 0 aliphatic heterocycles. The Kier molecular flexibility index (Phi) is 2.75. The number of rotatable bonds is 3. The number of aromatic nitrogens is 1. The van der Waals surface area contributed by atoms with Crippen molar-refractivity contribution >= 4 is 11.8 Å². The topological polar surface area (TPSA) is 42.3 Å². The third kappa shape index (κ3) is 2.08. The first-order valence-electron chi connectivity index (χ1n) is 6.02. The fourth-order valence-corrected chi connectivity index (χ4v) is 2.06. The number of carbonyl (C=O) groups excluding carboxylic acids is 1. The lowest BCUT2D eigenvalue weighted by Crippen LogP contribution is -1.89. The van der Waals surface area contributed by atoms with Crippen molar-refractivity contribution in [2.45, 2.75) is 18.8 Å². The van der Waals surface area contributed by atoms with E-state index in [0.717, 1.165) is 29.7 Å². The monoisotopic (exact) mass is 236 g/mol. The molecule has 18 heavy (non-hydrogen) atoms. The van der Waals surface area contributed by atoms with Gasteiger partial charge in [-0.05, 0) is 24.5 Å². The Morgan fingerprint density at radius 2 is 1.94 bits per heavy atom. The maximum Gasteiger partial charge on any atom is 0.240 e. The van der Waals surface area contributed by atoms with Crippen molar-refractivity contribution in [3.63, 3.8) is 0 Å². The van der Waals surface area contributed by atoms with Crippen LogP contribution in [-0.2, 0) is 4.79 Å². The molecular formula is C15H12N2O. The van der Waals surface area contributed by atoms with Crippen LogP contribution in [0.25, 0.3) is 11.1 Å². The van der Waals surface area contributed by atoms with Crippen molar-refractivity contribution < 1.29 is 4.79 Å². The Morgan fingerprint density at radius 3 is 2.61 bits per heavy atom. The van der Waals surface area contributed by atoms with E-state index in [-0.39, 0.29) is 0 Å². The highest BCUT2D eigenvalue weighted by Gasteiger charge is 2.27. The molecule has 88 valence electrons. The minimum atomic E-state index is 0.474. The van der Waals surface area contributed by atoms with Gasteiger partial charge in [0.1, 0.15) is 0 Å². The van der Waals surface area contributed by atoms with Gasteiger partial charge >= 0.3 is 0 Å². The Morgan fingerprint density at radius 1 is 1.17 bits per heavy atom. The fourth-order valence-electron chi connectivity index (χ4n) is 2.06. The zero-order valence-electron chi connectivity index (χ0n) is 9.84. The standard InChI is InChI=1S/C15H12N2O/c18-10-17-14-8-13(11-4-2-1-3-5-11)9-16-15(14)12-6-7-12/h1-5,8-9,12H,6-7H2. The highest BCUT2D eigenvalue weighted by molar-refractivity contribution is 5.68. The van der Waals surface area contributed by atoms with Gasteiger partial charge in [0.05, 0.1) is 11.4 Å². The largest absolute Gasteiger partial charge is 0.258 e. The molecule has 0 saturated heterocycles. The van der Waals surface area contributed by atoms with E-state index in [9.17, 15) is 4.79 Å². The van der Waals surface area contributed by atoms with Crippen LogP contribution in [0.1, 0.15) is 24.5 Å². The maximum atomic E-state index is 10.5.